The molecule has 1 heterocycles. The lowest BCUT2D eigenvalue weighted by molar-refractivity contribution is -0.158. The van der Waals surface area contributed by atoms with Crippen LogP contribution in [0.1, 0.15) is 60.4 Å². The molecule has 4 rings (SSSR count). The largest absolute Gasteiger partial charge is 0.416 e. The van der Waals surface area contributed by atoms with E-state index < -0.39 is 57.2 Å². The zero-order chi connectivity index (χ0) is 30.7. The molecule has 14 heteroatoms. The Morgan fingerprint density at radius 1 is 1.05 bits per heavy atom. The Kier molecular flexibility index (Phi) is 9.90. The van der Waals surface area contributed by atoms with E-state index in [1.54, 1.807) is 0 Å². The van der Waals surface area contributed by atoms with Crippen LogP contribution in [-0.2, 0) is 34.0 Å². The Bertz CT molecular complexity index is 1370. The molecule has 0 radical (unpaired) electrons. The number of rotatable bonds is 9. The summed E-state index contributed by atoms with van der Waals surface area (Å²) in [5.74, 6) is -0.805. The molecule has 0 aromatic heterocycles. The first-order valence-corrected chi connectivity index (χ1v) is 15.1. The first-order valence-electron chi connectivity index (χ1n) is 13.7. The van der Waals surface area contributed by atoms with E-state index in [1.165, 1.54) is 4.72 Å². The van der Waals surface area contributed by atoms with Crippen molar-refractivity contribution >= 4 is 15.9 Å². The first kappa shape index (κ1) is 32.2. The van der Waals surface area contributed by atoms with Crippen LogP contribution in [0.3, 0.4) is 0 Å². The molecule has 0 bridgehead atoms. The van der Waals surface area contributed by atoms with Gasteiger partial charge < -0.3 is 10.4 Å². The fourth-order valence-corrected chi connectivity index (χ4v) is 6.84. The van der Waals surface area contributed by atoms with E-state index in [1.807, 2.05) is 18.2 Å². The van der Waals surface area contributed by atoms with Crippen LogP contribution < -0.4 is 10.0 Å². The van der Waals surface area contributed by atoms with Gasteiger partial charge in [-0.3, -0.25) is 9.69 Å². The van der Waals surface area contributed by atoms with Crippen molar-refractivity contribution in [3.8, 4) is 0 Å². The van der Waals surface area contributed by atoms with Gasteiger partial charge in [-0.25, -0.2) is 8.42 Å². The monoisotopic (exact) mass is 621 g/mol. The molecule has 2 aromatic rings. The third-order valence-corrected chi connectivity index (χ3v) is 9.15. The molecule has 1 aliphatic carbocycles. The van der Waals surface area contributed by atoms with Crippen molar-refractivity contribution in [2.75, 3.05) is 19.7 Å². The SMILES string of the molecule is O=C(C[C@@H](NS(=O)(=O)c1cccc(C(F)(F)F)c1)C(F)(F)F)N[C@@H]1CCCc2cc(CN3CCC[C@@H](CO)C3)ccc21. The van der Waals surface area contributed by atoms with E-state index in [2.05, 4.69) is 10.2 Å². The quantitative estimate of drug-likeness (QED) is 0.353. The summed E-state index contributed by atoms with van der Waals surface area (Å²) in [6.45, 7) is 2.55. The minimum Gasteiger partial charge on any atom is -0.396 e. The molecule has 2 aromatic carbocycles. The van der Waals surface area contributed by atoms with Crippen LogP contribution in [0.5, 0.6) is 0 Å². The van der Waals surface area contributed by atoms with Gasteiger partial charge in [-0.1, -0.05) is 24.3 Å². The zero-order valence-electron chi connectivity index (χ0n) is 22.6. The number of nitrogens with one attached hydrogen (secondary N) is 2. The number of amides is 1. The third-order valence-electron chi connectivity index (χ3n) is 7.68. The second kappa shape index (κ2) is 12.9. The predicted molar refractivity (Wildman–Crippen MR) is 142 cm³/mol. The maximum Gasteiger partial charge on any atom is 0.416 e. The van der Waals surface area contributed by atoms with Crippen molar-refractivity contribution in [2.45, 2.75) is 74.4 Å². The number of benzene rings is 2. The summed E-state index contributed by atoms with van der Waals surface area (Å²) >= 11 is 0. The molecule has 1 aliphatic heterocycles. The number of carbonyl (C=O) groups excluding carboxylic acids is 1. The number of fused-ring (bicyclic) bond motifs is 1. The van der Waals surface area contributed by atoms with Crippen LogP contribution >= 0.6 is 0 Å². The summed E-state index contributed by atoms with van der Waals surface area (Å²) in [6.07, 6.45) is -7.49. The number of aliphatic hydroxyl groups excluding tert-OH is 1. The maximum absolute atomic E-state index is 13.8. The maximum atomic E-state index is 13.8. The van der Waals surface area contributed by atoms with E-state index in [4.69, 9.17) is 0 Å². The number of aliphatic hydroxyl groups is 1. The summed E-state index contributed by atoms with van der Waals surface area (Å²) in [5.41, 5.74) is 1.47. The van der Waals surface area contributed by atoms with E-state index in [-0.39, 0.29) is 18.6 Å². The third kappa shape index (κ3) is 8.23. The van der Waals surface area contributed by atoms with Crippen molar-refractivity contribution in [1.82, 2.24) is 14.9 Å². The Morgan fingerprint density at radius 3 is 2.50 bits per heavy atom. The van der Waals surface area contributed by atoms with Crippen molar-refractivity contribution < 1.29 is 44.7 Å². The Labute approximate surface area is 240 Å². The Morgan fingerprint density at radius 2 is 1.81 bits per heavy atom. The molecule has 3 atom stereocenters. The molecule has 1 saturated heterocycles. The van der Waals surface area contributed by atoms with Crippen LogP contribution in [0.25, 0.3) is 0 Å². The molecule has 7 nitrogen and oxygen atoms in total. The van der Waals surface area contributed by atoms with Crippen molar-refractivity contribution in [3.05, 3.63) is 64.7 Å². The Hall–Kier alpha value is -2.68. The lowest BCUT2D eigenvalue weighted by atomic mass is 9.86. The molecule has 0 saturated carbocycles. The standard InChI is InChI=1S/C28H33F6N3O4S/c29-27(30,31)21-6-2-7-22(13-21)42(40,41)36-25(28(32,33)34)14-26(39)35-24-8-1-5-20-12-18(9-10-23(20)24)15-37-11-3-4-19(16-37)17-38/h2,6-7,9-10,12-13,19,24-25,36,38H,1,3-5,8,11,14-17H2,(H,35,39)/t19-,24-,25-/m1/s1. The van der Waals surface area contributed by atoms with Gasteiger partial charge in [-0.15, -0.1) is 0 Å². The molecule has 0 unspecified atom stereocenters. The van der Waals surface area contributed by atoms with Crippen LogP contribution in [0, 0.1) is 5.92 Å². The number of nitrogens with zero attached hydrogens (tertiary/aromatic N) is 1. The van der Waals surface area contributed by atoms with E-state index in [0.717, 1.165) is 61.2 Å². The highest BCUT2D eigenvalue weighted by Crippen LogP contribution is 2.33. The number of hydrogen-bond acceptors (Lipinski definition) is 5. The predicted octanol–water partition coefficient (Wildman–Crippen LogP) is 4.70. The molecule has 3 N–H and O–H groups in total. The summed E-state index contributed by atoms with van der Waals surface area (Å²) in [4.78, 5) is 14.0. The van der Waals surface area contributed by atoms with E-state index >= 15 is 0 Å². The fraction of sp³-hybridized carbons (Fsp3) is 0.536. The molecule has 232 valence electrons. The highest BCUT2D eigenvalue weighted by molar-refractivity contribution is 7.89. The van der Waals surface area contributed by atoms with Crippen LogP contribution in [0.2, 0.25) is 0 Å². The number of halogens is 6. The lowest BCUT2D eigenvalue weighted by Crippen LogP contribution is -2.48. The topological polar surface area (TPSA) is 98.7 Å². The summed E-state index contributed by atoms with van der Waals surface area (Å²) in [7, 11) is -5.04. The molecule has 1 amide bonds. The average Bonchev–Trinajstić information content (AvgIpc) is 2.92. The van der Waals surface area contributed by atoms with E-state index in [0.29, 0.717) is 25.5 Å². The van der Waals surface area contributed by atoms with Crippen molar-refractivity contribution in [1.29, 1.82) is 0 Å². The highest BCUT2D eigenvalue weighted by atomic mass is 32.2. The highest BCUT2D eigenvalue weighted by Gasteiger charge is 2.44. The van der Waals surface area contributed by atoms with Gasteiger partial charge in [0.05, 0.1) is 22.9 Å². The molecule has 0 spiro atoms. The number of hydrogen-bond donors (Lipinski definition) is 3. The first-order chi connectivity index (χ1) is 19.7. The van der Waals surface area contributed by atoms with Gasteiger partial charge in [-0.05, 0) is 79.5 Å². The number of alkyl halides is 6. The minimum absolute atomic E-state index is 0.143. The number of piperidine rings is 1. The van der Waals surface area contributed by atoms with Gasteiger partial charge in [0.25, 0.3) is 0 Å². The number of likely N-dealkylation sites (tertiary alicyclic amines) is 1. The van der Waals surface area contributed by atoms with Gasteiger partial charge in [0.1, 0.15) is 6.04 Å². The second-order valence-electron chi connectivity index (χ2n) is 10.9. The summed E-state index contributed by atoms with van der Waals surface area (Å²) < 4.78 is 107. The summed E-state index contributed by atoms with van der Waals surface area (Å²) in [5, 5.41) is 12.1. The van der Waals surface area contributed by atoms with Crippen molar-refractivity contribution in [3.63, 3.8) is 0 Å². The van der Waals surface area contributed by atoms with Gasteiger partial charge in [0, 0.05) is 19.7 Å². The summed E-state index contributed by atoms with van der Waals surface area (Å²) in [6, 6.07) is 4.71. The number of aryl methyl sites for hydroxylation is 1. The molecule has 2 aliphatic rings. The van der Waals surface area contributed by atoms with Gasteiger partial charge in [-0.2, -0.15) is 31.1 Å². The number of sulfonamides is 1. The van der Waals surface area contributed by atoms with Crippen molar-refractivity contribution in [2.24, 2.45) is 5.92 Å². The van der Waals surface area contributed by atoms with Crippen LogP contribution in [-0.4, -0.2) is 56.2 Å². The Balaban J connectivity index is 1.43. The van der Waals surface area contributed by atoms with Gasteiger partial charge in [0.15, 0.2) is 0 Å². The fourth-order valence-electron chi connectivity index (χ4n) is 5.58. The normalized spacial score (nSPS) is 21.0. The lowest BCUT2D eigenvalue weighted by Gasteiger charge is -2.32. The van der Waals surface area contributed by atoms with Crippen LogP contribution in [0.4, 0.5) is 26.3 Å². The smallest absolute Gasteiger partial charge is 0.396 e. The van der Waals surface area contributed by atoms with Gasteiger partial charge in [0.2, 0.25) is 15.9 Å². The second-order valence-corrected chi connectivity index (χ2v) is 12.6. The molecule has 42 heavy (non-hydrogen) atoms. The molecule has 1 fully saturated rings. The molecular formula is C28H33F6N3O4S. The zero-order valence-corrected chi connectivity index (χ0v) is 23.5. The van der Waals surface area contributed by atoms with Crippen LogP contribution in [0.15, 0.2) is 47.4 Å². The number of carbonyl (C=O) groups is 1. The average molecular weight is 622 g/mol. The minimum atomic E-state index is -5.19. The van der Waals surface area contributed by atoms with E-state index in [9.17, 15) is 44.7 Å². The molecular weight excluding hydrogens is 588 g/mol. The van der Waals surface area contributed by atoms with Gasteiger partial charge >= 0.3 is 12.4 Å².